The van der Waals surface area contributed by atoms with Crippen molar-refractivity contribution in [2.75, 3.05) is 12.3 Å². The molecule has 24 heavy (non-hydrogen) atoms. The third-order valence-electron chi connectivity index (χ3n) is 3.67. The Morgan fingerprint density at radius 1 is 1.17 bits per heavy atom. The smallest absolute Gasteiger partial charge is 0.251 e. The van der Waals surface area contributed by atoms with Gasteiger partial charge in [-0.05, 0) is 42.2 Å². The van der Waals surface area contributed by atoms with E-state index in [0.717, 1.165) is 29.7 Å². The number of nitrogen functional groups attached to an aromatic ring is 1. The zero-order chi connectivity index (χ0) is 16.7. The van der Waals surface area contributed by atoms with Gasteiger partial charge in [-0.2, -0.15) is 0 Å². The van der Waals surface area contributed by atoms with Crippen molar-refractivity contribution in [3.8, 4) is 0 Å². The molecule has 130 valence electrons. The SMILES string of the molecule is CCCOCc1ccccc1CNC(=O)c1cc(N)ccc1C.Cl. The maximum absolute atomic E-state index is 12.4. The van der Waals surface area contributed by atoms with E-state index in [1.807, 2.05) is 37.3 Å². The van der Waals surface area contributed by atoms with E-state index in [-0.39, 0.29) is 18.3 Å². The van der Waals surface area contributed by atoms with Crippen molar-refractivity contribution in [1.29, 1.82) is 0 Å². The Balaban J connectivity index is 0.00000288. The maximum Gasteiger partial charge on any atom is 0.251 e. The third kappa shape index (κ3) is 5.55. The molecular formula is C19H25ClN2O2. The zero-order valence-corrected chi connectivity index (χ0v) is 15.0. The third-order valence-corrected chi connectivity index (χ3v) is 3.67. The average molecular weight is 349 g/mol. The normalized spacial score (nSPS) is 10.1. The second-order valence-electron chi connectivity index (χ2n) is 5.58. The minimum atomic E-state index is -0.112. The van der Waals surface area contributed by atoms with Crippen LogP contribution in [0.2, 0.25) is 0 Å². The van der Waals surface area contributed by atoms with Crippen LogP contribution in [0.5, 0.6) is 0 Å². The van der Waals surface area contributed by atoms with Crippen LogP contribution in [-0.4, -0.2) is 12.5 Å². The van der Waals surface area contributed by atoms with E-state index in [1.165, 1.54) is 0 Å². The van der Waals surface area contributed by atoms with Gasteiger partial charge in [-0.3, -0.25) is 4.79 Å². The quantitative estimate of drug-likeness (QED) is 0.590. The first-order chi connectivity index (χ1) is 11.1. The number of nitrogens with two attached hydrogens (primary N) is 1. The highest BCUT2D eigenvalue weighted by Gasteiger charge is 2.10. The lowest BCUT2D eigenvalue weighted by molar-refractivity contribution is 0.0949. The van der Waals surface area contributed by atoms with Crippen LogP contribution in [0.1, 0.15) is 40.4 Å². The van der Waals surface area contributed by atoms with Crippen molar-refractivity contribution in [3.63, 3.8) is 0 Å². The Kier molecular flexibility index (Phi) is 8.30. The standard InChI is InChI=1S/C19H24N2O2.ClH/c1-3-10-23-13-16-7-5-4-6-15(16)12-21-19(22)18-11-17(20)9-8-14(18)2;/h4-9,11H,3,10,12-13,20H2,1-2H3,(H,21,22);1H. The van der Waals surface area contributed by atoms with E-state index in [2.05, 4.69) is 12.2 Å². The van der Waals surface area contributed by atoms with Gasteiger partial charge in [0.2, 0.25) is 0 Å². The molecule has 2 aromatic carbocycles. The number of ether oxygens (including phenoxy) is 1. The summed E-state index contributed by atoms with van der Waals surface area (Å²) in [6.45, 7) is 5.76. The van der Waals surface area contributed by atoms with E-state index in [4.69, 9.17) is 10.5 Å². The molecule has 0 heterocycles. The summed E-state index contributed by atoms with van der Waals surface area (Å²) < 4.78 is 5.61. The van der Waals surface area contributed by atoms with Gasteiger partial charge in [0.1, 0.15) is 0 Å². The Morgan fingerprint density at radius 3 is 2.58 bits per heavy atom. The summed E-state index contributed by atoms with van der Waals surface area (Å²) in [5, 5.41) is 2.96. The number of aryl methyl sites for hydroxylation is 1. The van der Waals surface area contributed by atoms with Crippen LogP contribution in [0.3, 0.4) is 0 Å². The molecule has 2 rings (SSSR count). The minimum absolute atomic E-state index is 0. The van der Waals surface area contributed by atoms with Gasteiger partial charge in [0, 0.05) is 24.4 Å². The fourth-order valence-corrected chi connectivity index (χ4v) is 2.35. The van der Waals surface area contributed by atoms with Gasteiger partial charge < -0.3 is 15.8 Å². The fourth-order valence-electron chi connectivity index (χ4n) is 2.35. The molecule has 5 heteroatoms. The molecule has 0 aromatic heterocycles. The van der Waals surface area contributed by atoms with Crippen LogP contribution in [0.25, 0.3) is 0 Å². The fraction of sp³-hybridized carbons (Fsp3) is 0.316. The largest absolute Gasteiger partial charge is 0.399 e. The molecule has 3 N–H and O–H groups in total. The Hall–Kier alpha value is -2.04. The number of anilines is 1. The van der Waals surface area contributed by atoms with Crippen molar-refractivity contribution in [1.82, 2.24) is 5.32 Å². The van der Waals surface area contributed by atoms with Gasteiger partial charge in [-0.15, -0.1) is 12.4 Å². The summed E-state index contributed by atoms with van der Waals surface area (Å²) in [4.78, 5) is 12.4. The highest BCUT2D eigenvalue weighted by atomic mass is 35.5. The van der Waals surface area contributed by atoms with Gasteiger partial charge in [0.15, 0.2) is 0 Å². The lowest BCUT2D eigenvalue weighted by atomic mass is 10.1. The second-order valence-corrected chi connectivity index (χ2v) is 5.58. The summed E-state index contributed by atoms with van der Waals surface area (Å²) in [6, 6.07) is 13.4. The number of amides is 1. The minimum Gasteiger partial charge on any atom is -0.399 e. The molecule has 0 saturated heterocycles. The predicted molar refractivity (Wildman–Crippen MR) is 100 cm³/mol. The molecule has 0 aliphatic rings. The molecule has 0 atom stereocenters. The molecule has 0 spiro atoms. The van der Waals surface area contributed by atoms with Gasteiger partial charge in [-0.1, -0.05) is 37.3 Å². The number of carbonyl (C=O) groups excluding carboxylic acids is 1. The molecule has 0 aliphatic carbocycles. The number of rotatable bonds is 7. The Labute approximate surface area is 149 Å². The monoisotopic (exact) mass is 348 g/mol. The molecule has 0 aliphatic heterocycles. The summed E-state index contributed by atoms with van der Waals surface area (Å²) in [5.74, 6) is -0.112. The number of hydrogen-bond acceptors (Lipinski definition) is 3. The number of halogens is 1. The van der Waals surface area contributed by atoms with E-state index in [0.29, 0.717) is 24.4 Å². The molecule has 0 radical (unpaired) electrons. The zero-order valence-electron chi connectivity index (χ0n) is 14.2. The van der Waals surface area contributed by atoms with Crippen molar-refractivity contribution >= 4 is 24.0 Å². The molecule has 4 nitrogen and oxygen atoms in total. The van der Waals surface area contributed by atoms with E-state index in [9.17, 15) is 4.79 Å². The molecule has 0 fully saturated rings. The van der Waals surface area contributed by atoms with E-state index < -0.39 is 0 Å². The van der Waals surface area contributed by atoms with Crippen molar-refractivity contribution in [2.45, 2.75) is 33.4 Å². The Bertz CT molecular complexity index is 674. The first-order valence-electron chi connectivity index (χ1n) is 7.90. The van der Waals surface area contributed by atoms with Crippen molar-refractivity contribution in [3.05, 3.63) is 64.7 Å². The first-order valence-corrected chi connectivity index (χ1v) is 7.90. The van der Waals surface area contributed by atoms with Crippen molar-refractivity contribution < 1.29 is 9.53 Å². The van der Waals surface area contributed by atoms with Crippen LogP contribution >= 0.6 is 12.4 Å². The van der Waals surface area contributed by atoms with Crippen LogP contribution in [0.15, 0.2) is 42.5 Å². The molecule has 1 amide bonds. The number of carbonyl (C=O) groups is 1. The number of benzene rings is 2. The molecular weight excluding hydrogens is 324 g/mol. The summed E-state index contributed by atoms with van der Waals surface area (Å²) in [7, 11) is 0. The lowest BCUT2D eigenvalue weighted by Crippen LogP contribution is -2.24. The lowest BCUT2D eigenvalue weighted by Gasteiger charge is -2.12. The average Bonchev–Trinajstić information content (AvgIpc) is 2.56. The van der Waals surface area contributed by atoms with Crippen LogP contribution in [-0.2, 0) is 17.9 Å². The van der Waals surface area contributed by atoms with Gasteiger partial charge in [0.25, 0.3) is 5.91 Å². The van der Waals surface area contributed by atoms with E-state index >= 15 is 0 Å². The highest BCUT2D eigenvalue weighted by Crippen LogP contribution is 2.14. The number of hydrogen-bond donors (Lipinski definition) is 2. The summed E-state index contributed by atoms with van der Waals surface area (Å²) >= 11 is 0. The second kappa shape index (κ2) is 9.96. The Morgan fingerprint density at radius 2 is 1.88 bits per heavy atom. The first kappa shape index (κ1) is 20.0. The van der Waals surface area contributed by atoms with Crippen LogP contribution in [0.4, 0.5) is 5.69 Å². The molecule has 0 unspecified atom stereocenters. The van der Waals surface area contributed by atoms with Crippen molar-refractivity contribution in [2.24, 2.45) is 0 Å². The predicted octanol–water partition coefficient (Wildman–Crippen LogP) is 3.86. The molecule has 0 saturated carbocycles. The molecule has 2 aromatic rings. The summed E-state index contributed by atoms with van der Waals surface area (Å²) in [5.41, 5.74) is 10.1. The maximum atomic E-state index is 12.4. The van der Waals surface area contributed by atoms with Crippen LogP contribution < -0.4 is 11.1 Å². The van der Waals surface area contributed by atoms with Gasteiger partial charge in [-0.25, -0.2) is 0 Å². The highest BCUT2D eigenvalue weighted by molar-refractivity contribution is 5.96. The number of nitrogens with one attached hydrogen (secondary N) is 1. The van der Waals surface area contributed by atoms with Crippen LogP contribution in [0, 0.1) is 6.92 Å². The molecule has 0 bridgehead atoms. The van der Waals surface area contributed by atoms with Gasteiger partial charge in [0.05, 0.1) is 6.61 Å². The van der Waals surface area contributed by atoms with E-state index in [1.54, 1.807) is 12.1 Å². The van der Waals surface area contributed by atoms with Gasteiger partial charge >= 0.3 is 0 Å². The topological polar surface area (TPSA) is 64.3 Å². The summed E-state index contributed by atoms with van der Waals surface area (Å²) in [6.07, 6.45) is 0.994.